The van der Waals surface area contributed by atoms with Crippen LogP contribution in [0.25, 0.3) is 0 Å². The number of thiophene rings is 1. The first kappa shape index (κ1) is 15.8. The summed E-state index contributed by atoms with van der Waals surface area (Å²) in [6.45, 7) is 0. The highest BCUT2D eigenvalue weighted by atomic mass is 32.1. The minimum Gasteiger partial charge on any atom is -0.317 e. The quantitative estimate of drug-likeness (QED) is 0.876. The van der Waals surface area contributed by atoms with Crippen molar-refractivity contribution < 1.29 is 4.79 Å². The molecule has 120 valence electrons. The number of aromatic nitrogens is 2. The molecular weight excluding hydrogens is 308 g/mol. The van der Waals surface area contributed by atoms with E-state index in [4.69, 9.17) is 0 Å². The Labute approximate surface area is 139 Å². The van der Waals surface area contributed by atoms with Gasteiger partial charge in [0.25, 0.3) is 0 Å². The van der Waals surface area contributed by atoms with E-state index in [0.29, 0.717) is 18.4 Å². The summed E-state index contributed by atoms with van der Waals surface area (Å²) in [6.07, 6.45) is 10.3. The molecule has 0 radical (unpaired) electrons. The third-order valence-electron chi connectivity index (χ3n) is 4.19. The minimum absolute atomic E-state index is 0.0400. The minimum atomic E-state index is -0.0400. The van der Waals surface area contributed by atoms with Crippen molar-refractivity contribution >= 4 is 22.2 Å². The highest BCUT2D eigenvalue weighted by Crippen LogP contribution is 2.37. The fraction of sp³-hybridized carbons (Fsp3) is 0.471. The van der Waals surface area contributed by atoms with E-state index in [-0.39, 0.29) is 5.91 Å². The molecule has 0 fully saturated rings. The van der Waals surface area contributed by atoms with E-state index in [1.807, 2.05) is 13.2 Å². The first-order valence-electron chi connectivity index (χ1n) is 7.99. The lowest BCUT2D eigenvalue weighted by atomic mass is 10.1. The van der Waals surface area contributed by atoms with Crippen molar-refractivity contribution in [3.63, 3.8) is 0 Å². The van der Waals surface area contributed by atoms with Gasteiger partial charge in [-0.2, -0.15) is 10.4 Å². The molecule has 0 atom stereocenters. The molecule has 2 aromatic rings. The van der Waals surface area contributed by atoms with E-state index < -0.39 is 0 Å². The van der Waals surface area contributed by atoms with Crippen LogP contribution in [0.2, 0.25) is 0 Å². The van der Waals surface area contributed by atoms with Crippen molar-refractivity contribution in [3.8, 4) is 6.07 Å². The lowest BCUT2D eigenvalue weighted by Crippen LogP contribution is -2.12. The molecule has 1 amide bonds. The van der Waals surface area contributed by atoms with Crippen LogP contribution < -0.4 is 5.32 Å². The summed E-state index contributed by atoms with van der Waals surface area (Å²) in [5.74, 6) is -0.0400. The van der Waals surface area contributed by atoms with Gasteiger partial charge in [0.2, 0.25) is 5.91 Å². The number of nitrogens with zero attached hydrogens (tertiary/aromatic N) is 3. The van der Waals surface area contributed by atoms with E-state index in [0.717, 1.165) is 35.4 Å². The summed E-state index contributed by atoms with van der Waals surface area (Å²) in [5, 5.41) is 17.3. The van der Waals surface area contributed by atoms with Crippen molar-refractivity contribution in [1.82, 2.24) is 9.78 Å². The van der Waals surface area contributed by atoms with Crippen molar-refractivity contribution in [2.45, 2.75) is 44.9 Å². The van der Waals surface area contributed by atoms with Gasteiger partial charge in [0, 0.05) is 24.5 Å². The number of nitriles is 1. The van der Waals surface area contributed by atoms with Crippen molar-refractivity contribution in [2.75, 3.05) is 5.32 Å². The summed E-state index contributed by atoms with van der Waals surface area (Å²) in [6, 6.07) is 2.30. The van der Waals surface area contributed by atoms with Gasteiger partial charge in [0.1, 0.15) is 11.1 Å². The Morgan fingerprint density at radius 1 is 1.43 bits per heavy atom. The van der Waals surface area contributed by atoms with Gasteiger partial charge in [-0.25, -0.2) is 0 Å². The molecule has 2 heterocycles. The molecule has 0 bridgehead atoms. The molecular formula is C17H20N4OS. The lowest BCUT2D eigenvalue weighted by Gasteiger charge is -2.03. The zero-order chi connectivity index (χ0) is 16.2. The summed E-state index contributed by atoms with van der Waals surface area (Å²) >= 11 is 1.58. The van der Waals surface area contributed by atoms with Crippen molar-refractivity contribution in [3.05, 3.63) is 34.0 Å². The number of carbonyl (C=O) groups excluding carboxylic acids is 1. The predicted molar refractivity (Wildman–Crippen MR) is 90.5 cm³/mol. The maximum atomic E-state index is 12.2. The van der Waals surface area contributed by atoms with Gasteiger partial charge >= 0.3 is 0 Å². The van der Waals surface area contributed by atoms with E-state index in [2.05, 4.69) is 16.5 Å². The number of fused-ring (bicyclic) bond motifs is 1. The van der Waals surface area contributed by atoms with Gasteiger partial charge in [0.15, 0.2) is 0 Å². The van der Waals surface area contributed by atoms with Gasteiger partial charge in [-0.15, -0.1) is 11.3 Å². The average molecular weight is 328 g/mol. The molecule has 2 aromatic heterocycles. The number of anilines is 1. The maximum Gasteiger partial charge on any atom is 0.225 e. The Bertz CT molecular complexity index is 753. The standard InChI is InChI=1S/C17H20N4OS/c1-21-11-12(10-19-21)7-8-16(22)20-17-14(9-18)13-5-3-2-4-6-15(13)23-17/h10-11H,2-8H2,1H3,(H,20,22). The SMILES string of the molecule is Cn1cc(CCC(=O)Nc2sc3c(c2C#N)CCCCC3)cn1. The first-order valence-corrected chi connectivity index (χ1v) is 8.81. The van der Waals surface area contributed by atoms with E-state index >= 15 is 0 Å². The molecule has 0 saturated heterocycles. The van der Waals surface area contributed by atoms with Gasteiger partial charge in [-0.1, -0.05) is 6.42 Å². The van der Waals surface area contributed by atoms with Crippen LogP contribution >= 0.6 is 11.3 Å². The fourth-order valence-electron chi connectivity index (χ4n) is 3.00. The lowest BCUT2D eigenvalue weighted by molar-refractivity contribution is -0.116. The van der Waals surface area contributed by atoms with Gasteiger partial charge in [-0.3, -0.25) is 9.48 Å². The second-order valence-corrected chi connectivity index (χ2v) is 7.06. The molecule has 23 heavy (non-hydrogen) atoms. The molecule has 0 spiro atoms. The van der Waals surface area contributed by atoms with E-state index in [9.17, 15) is 10.1 Å². The van der Waals surface area contributed by atoms with Crippen LogP contribution in [0, 0.1) is 11.3 Å². The molecule has 1 N–H and O–H groups in total. The molecule has 0 aliphatic heterocycles. The second kappa shape index (κ2) is 6.97. The van der Waals surface area contributed by atoms with Crippen molar-refractivity contribution in [1.29, 1.82) is 5.26 Å². The van der Waals surface area contributed by atoms with Crippen LogP contribution in [-0.2, 0) is 31.1 Å². The smallest absolute Gasteiger partial charge is 0.225 e. The number of nitrogens with one attached hydrogen (secondary N) is 1. The van der Waals surface area contributed by atoms with Crippen molar-refractivity contribution in [2.24, 2.45) is 7.05 Å². The Morgan fingerprint density at radius 2 is 2.26 bits per heavy atom. The van der Waals surface area contributed by atoms with Crippen LogP contribution in [0.5, 0.6) is 0 Å². The topological polar surface area (TPSA) is 70.7 Å². The van der Waals surface area contributed by atoms with Crippen LogP contribution in [0.4, 0.5) is 5.00 Å². The monoisotopic (exact) mass is 328 g/mol. The highest BCUT2D eigenvalue weighted by Gasteiger charge is 2.20. The zero-order valence-electron chi connectivity index (χ0n) is 13.3. The Balaban J connectivity index is 1.67. The van der Waals surface area contributed by atoms with Crippen LogP contribution in [0.3, 0.4) is 0 Å². The Morgan fingerprint density at radius 3 is 3.00 bits per heavy atom. The summed E-state index contributed by atoms with van der Waals surface area (Å²) in [4.78, 5) is 13.5. The first-order chi connectivity index (χ1) is 11.2. The molecule has 0 unspecified atom stereocenters. The molecule has 0 aromatic carbocycles. The molecule has 1 aliphatic rings. The number of aryl methyl sites for hydroxylation is 3. The predicted octanol–water partition coefficient (Wildman–Crippen LogP) is 3.19. The Kier molecular flexibility index (Phi) is 4.77. The number of amides is 1. The molecule has 1 aliphatic carbocycles. The van der Waals surface area contributed by atoms with Crippen LogP contribution in [-0.4, -0.2) is 15.7 Å². The number of carbonyl (C=O) groups is 1. The number of hydrogen-bond acceptors (Lipinski definition) is 4. The van der Waals surface area contributed by atoms with Gasteiger partial charge in [0.05, 0.1) is 11.8 Å². The summed E-state index contributed by atoms with van der Waals surface area (Å²) < 4.78 is 1.73. The maximum absolute atomic E-state index is 12.2. The molecule has 6 heteroatoms. The number of hydrogen-bond donors (Lipinski definition) is 1. The van der Waals surface area contributed by atoms with E-state index in [1.54, 1.807) is 22.2 Å². The Hall–Kier alpha value is -2.13. The van der Waals surface area contributed by atoms with E-state index in [1.165, 1.54) is 17.7 Å². The number of rotatable bonds is 4. The van der Waals surface area contributed by atoms with Gasteiger partial charge in [-0.05, 0) is 43.2 Å². The molecule has 0 saturated carbocycles. The summed E-state index contributed by atoms with van der Waals surface area (Å²) in [5.41, 5.74) is 2.89. The largest absolute Gasteiger partial charge is 0.317 e. The van der Waals surface area contributed by atoms with Gasteiger partial charge < -0.3 is 5.32 Å². The highest BCUT2D eigenvalue weighted by molar-refractivity contribution is 7.16. The third-order valence-corrected chi connectivity index (χ3v) is 5.39. The molecule has 5 nitrogen and oxygen atoms in total. The molecule has 3 rings (SSSR count). The summed E-state index contributed by atoms with van der Waals surface area (Å²) in [7, 11) is 1.86. The average Bonchev–Trinajstić information content (AvgIpc) is 3.01. The second-order valence-electron chi connectivity index (χ2n) is 5.95. The normalized spacial score (nSPS) is 13.9. The van der Waals surface area contributed by atoms with Crippen LogP contribution in [0.15, 0.2) is 12.4 Å². The fourth-order valence-corrected chi connectivity index (χ4v) is 4.25. The zero-order valence-corrected chi connectivity index (χ0v) is 14.1. The van der Waals surface area contributed by atoms with Crippen LogP contribution in [0.1, 0.15) is 47.3 Å². The third kappa shape index (κ3) is 3.62.